The molecule has 6 heteroatoms. The number of thiol groups is 1. The molecular weight excluding hydrogens is 228 g/mol. The number of hydrogen-bond donors (Lipinski definition) is 2. The molecule has 2 heterocycles. The Bertz CT molecular complexity index is 339. The van der Waals surface area contributed by atoms with Gasteiger partial charge >= 0.3 is 0 Å². The van der Waals surface area contributed by atoms with Crippen molar-refractivity contribution in [3.63, 3.8) is 0 Å². The Morgan fingerprint density at radius 3 is 2.56 bits per heavy atom. The molecule has 0 aromatic heterocycles. The molecule has 5 nitrogen and oxygen atoms in total. The van der Waals surface area contributed by atoms with Crippen LogP contribution in [-0.4, -0.2) is 42.3 Å². The number of allylic oxidation sites excluding steroid dienone is 1. The first kappa shape index (κ1) is 11.8. The van der Waals surface area contributed by atoms with Crippen LogP contribution >= 0.6 is 12.6 Å². The maximum atomic E-state index is 11.7. The summed E-state index contributed by atoms with van der Waals surface area (Å²) in [5.41, 5.74) is 0.595. The summed E-state index contributed by atoms with van der Waals surface area (Å²) in [7, 11) is 0. The van der Waals surface area contributed by atoms with E-state index >= 15 is 0 Å². The summed E-state index contributed by atoms with van der Waals surface area (Å²) < 4.78 is 10.9. The molecule has 0 radical (unpaired) electrons. The van der Waals surface area contributed by atoms with Crippen LogP contribution in [0.15, 0.2) is 11.3 Å². The molecule has 0 aromatic carbocycles. The van der Waals surface area contributed by atoms with E-state index in [9.17, 15) is 4.79 Å². The van der Waals surface area contributed by atoms with E-state index in [0.717, 1.165) is 0 Å². The molecule has 0 saturated carbocycles. The Labute approximate surface area is 100 Å². The predicted molar refractivity (Wildman–Crippen MR) is 61.7 cm³/mol. The summed E-state index contributed by atoms with van der Waals surface area (Å²) in [4.78, 5) is 13.7. The van der Waals surface area contributed by atoms with E-state index in [1.54, 1.807) is 13.8 Å². The fourth-order valence-electron chi connectivity index (χ4n) is 1.73. The largest absolute Gasteiger partial charge is 0.450 e. The summed E-state index contributed by atoms with van der Waals surface area (Å²) in [5, 5.41) is 1.72. The third kappa shape index (κ3) is 2.05. The lowest BCUT2D eigenvalue weighted by Crippen LogP contribution is -2.63. The zero-order valence-electron chi connectivity index (χ0n) is 9.45. The van der Waals surface area contributed by atoms with E-state index in [0.29, 0.717) is 37.6 Å². The maximum absolute atomic E-state index is 11.7. The number of rotatable bonds is 1. The second kappa shape index (κ2) is 4.27. The summed E-state index contributed by atoms with van der Waals surface area (Å²) in [6.45, 7) is 6.15. The van der Waals surface area contributed by atoms with Gasteiger partial charge in [0.15, 0.2) is 0 Å². The highest BCUT2D eigenvalue weighted by Crippen LogP contribution is 2.28. The van der Waals surface area contributed by atoms with E-state index in [1.165, 1.54) is 0 Å². The number of ether oxygens (including phenoxy) is 2. The van der Waals surface area contributed by atoms with Crippen LogP contribution in [0.25, 0.3) is 0 Å². The van der Waals surface area contributed by atoms with Crippen molar-refractivity contribution in [2.75, 3.05) is 26.3 Å². The third-order valence-electron chi connectivity index (χ3n) is 2.88. The fourth-order valence-corrected chi connectivity index (χ4v) is 2.17. The van der Waals surface area contributed by atoms with Crippen molar-refractivity contribution in [2.45, 2.75) is 19.0 Å². The molecule has 2 rings (SSSR count). The van der Waals surface area contributed by atoms with Gasteiger partial charge in [-0.1, -0.05) is 12.6 Å². The van der Waals surface area contributed by atoms with Gasteiger partial charge < -0.3 is 9.47 Å². The van der Waals surface area contributed by atoms with Crippen molar-refractivity contribution in [1.82, 2.24) is 10.2 Å². The molecule has 90 valence electrons. The molecule has 0 aromatic rings. The van der Waals surface area contributed by atoms with Crippen LogP contribution in [0.2, 0.25) is 0 Å². The van der Waals surface area contributed by atoms with E-state index < -0.39 is 5.18 Å². The van der Waals surface area contributed by atoms with Crippen LogP contribution in [0.3, 0.4) is 0 Å². The highest BCUT2D eigenvalue weighted by molar-refractivity contribution is 7.81. The zero-order chi connectivity index (χ0) is 11.8. The van der Waals surface area contributed by atoms with E-state index in [-0.39, 0.29) is 5.91 Å². The van der Waals surface area contributed by atoms with Gasteiger partial charge in [0.05, 0.1) is 18.8 Å². The number of carbonyl (C=O) groups excluding carboxylic acids is 1. The minimum absolute atomic E-state index is 0.134. The van der Waals surface area contributed by atoms with Gasteiger partial charge in [0, 0.05) is 13.1 Å². The molecule has 2 aliphatic rings. The first-order valence-electron chi connectivity index (χ1n) is 5.27. The molecule has 1 fully saturated rings. The summed E-state index contributed by atoms with van der Waals surface area (Å²) in [6.07, 6.45) is 0. The Morgan fingerprint density at radius 2 is 2.00 bits per heavy atom. The second-order valence-corrected chi connectivity index (χ2v) is 4.55. The summed E-state index contributed by atoms with van der Waals surface area (Å²) in [5.74, 6) is 0.482. The molecule has 2 aliphatic heterocycles. The van der Waals surface area contributed by atoms with Crippen molar-refractivity contribution in [3.8, 4) is 0 Å². The standard InChI is InChI=1S/C10H16N2O3S/c1-7-8(2)15-10(16,11-9(7)13)12-3-5-14-6-4-12/h16H,3-6H2,1-2H3,(H,11,13). The fraction of sp³-hybridized carbons (Fsp3) is 0.700. The Morgan fingerprint density at radius 1 is 1.38 bits per heavy atom. The quantitative estimate of drug-likeness (QED) is 0.651. The number of nitrogens with zero attached hydrogens (tertiary/aromatic N) is 1. The molecule has 1 saturated heterocycles. The minimum atomic E-state index is -1.04. The van der Waals surface area contributed by atoms with E-state index in [1.807, 2.05) is 4.90 Å². The van der Waals surface area contributed by atoms with Gasteiger partial charge in [0.25, 0.3) is 11.1 Å². The highest BCUT2D eigenvalue weighted by atomic mass is 32.1. The van der Waals surface area contributed by atoms with Gasteiger partial charge in [-0.3, -0.25) is 10.1 Å². The Balaban J connectivity index is 2.17. The van der Waals surface area contributed by atoms with Crippen LogP contribution < -0.4 is 5.32 Å². The monoisotopic (exact) mass is 244 g/mol. The van der Waals surface area contributed by atoms with Crippen molar-refractivity contribution in [1.29, 1.82) is 0 Å². The number of morpholine rings is 1. The van der Waals surface area contributed by atoms with Crippen molar-refractivity contribution in [2.24, 2.45) is 0 Å². The third-order valence-corrected chi connectivity index (χ3v) is 3.37. The van der Waals surface area contributed by atoms with Crippen LogP contribution in [-0.2, 0) is 14.3 Å². The molecule has 0 aliphatic carbocycles. The summed E-state index contributed by atoms with van der Waals surface area (Å²) in [6, 6.07) is 0. The minimum Gasteiger partial charge on any atom is -0.450 e. The van der Waals surface area contributed by atoms with Gasteiger partial charge in [-0.15, -0.1) is 0 Å². The van der Waals surface area contributed by atoms with Crippen LogP contribution in [0.4, 0.5) is 0 Å². The van der Waals surface area contributed by atoms with Crippen LogP contribution in [0, 0.1) is 0 Å². The van der Waals surface area contributed by atoms with Gasteiger partial charge in [-0.05, 0) is 13.8 Å². The lowest BCUT2D eigenvalue weighted by Gasteiger charge is -2.44. The predicted octanol–water partition coefficient (Wildman–Crippen LogP) is 0.300. The molecule has 0 spiro atoms. The highest BCUT2D eigenvalue weighted by Gasteiger charge is 2.41. The first-order valence-corrected chi connectivity index (χ1v) is 5.72. The molecular formula is C10H16N2O3S. The van der Waals surface area contributed by atoms with Crippen molar-refractivity contribution < 1.29 is 14.3 Å². The van der Waals surface area contributed by atoms with E-state index in [4.69, 9.17) is 9.47 Å². The van der Waals surface area contributed by atoms with Crippen molar-refractivity contribution in [3.05, 3.63) is 11.3 Å². The number of hydrogen-bond acceptors (Lipinski definition) is 5. The van der Waals surface area contributed by atoms with Crippen molar-refractivity contribution >= 4 is 18.5 Å². The molecule has 1 amide bonds. The zero-order valence-corrected chi connectivity index (χ0v) is 10.3. The van der Waals surface area contributed by atoms with Gasteiger partial charge in [-0.25, -0.2) is 4.90 Å². The normalized spacial score (nSPS) is 32.3. The molecule has 16 heavy (non-hydrogen) atoms. The Kier molecular flexibility index (Phi) is 3.14. The average Bonchev–Trinajstić information content (AvgIpc) is 2.27. The maximum Gasteiger partial charge on any atom is 0.291 e. The van der Waals surface area contributed by atoms with Gasteiger partial charge in [0.2, 0.25) is 0 Å². The second-order valence-electron chi connectivity index (χ2n) is 3.95. The van der Waals surface area contributed by atoms with Gasteiger partial charge in [0.1, 0.15) is 5.76 Å². The first-order chi connectivity index (χ1) is 7.53. The van der Waals surface area contributed by atoms with Gasteiger partial charge in [-0.2, -0.15) is 0 Å². The topological polar surface area (TPSA) is 50.8 Å². The number of nitrogens with one attached hydrogen (secondary N) is 1. The van der Waals surface area contributed by atoms with Crippen LogP contribution in [0.1, 0.15) is 13.8 Å². The lowest BCUT2D eigenvalue weighted by atomic mass is 10.2. The van der Waals surface area contributed by atoms with E-state index in [2.05, 4.69) is 17.9 Å². The summed E-state index contributed by atoms with van der Waals surface area (Å²) >= 11 is 4.43. The lowest BCUT2D eigenvalue weighted by molar-refractivity contribution is -0.146. The Hall–Kier alpha value is -0.720. The molecule has 1 unspecified atom stereocenters. The molecule has 1 atom stereocenters. The average molecular weight is 244 g/mol. The smallest absolute Gasteiger partial charge is 0.291 e. The number of amides is 1. The van der Waals surface area contributed by atoms with Crippen LogP contribution in [0.5, 0.6) is 0 Å². The number of carbonyl (C=O) groups is 1. The molecule has 1 N–H and O–H groups in total. The molecule has 0 bridgehead atoms. The SMILES string of the molecule is CC1=C(C)C(=O)NC(S)(N2CCOCC2)O1.